The Morgan fingerprint density at radius 3 is 2.88 bits per heavy atom. The number of unbranched alkanes of at least 4 members (excludes halogenated alkanes) is 1. The number of methoxy groups -OCH3 is 1. The third-order valence-electron chi connectivity index (χ3n) is 2.10. The first-order valence-electron chi connectivity index (χ1n) is 5.38. The Hall–Kier alpha value is -0.970. The van der Waals surface area contributed by atoms with Gasteiger partial charge in [-0.1, -0.05) is 0 Å². The molecule has 0 aromatic carbocycles. The molecule has 1 aromatic rings. The molecule has 0 fully saturated rings. The molecule has 0 radical (unpaired) electrons. The van der Waals surface area contributed by atoms with Crippen molar-refractivity contribution in [2.24, 2.45) is 0 Å². The maximum absolute atomic E-state index is 5.09. The van der Waals surface area contributed by atoms with Crippen molar-refractivity contribution in [1.82, 2.24) is 9.97 Å². The molecule has 1 aromatic heterocycles. The van der Waals surface area contributed by atoms with Crippen molar-refractivity contribution in [2.45, 2.75) is 19.8 Å². The van der Waals surface area contributed by atoms with E-state index in [9.17, 15) is 0 Å². The summed E-state index contributed by atoms with van der Waals surface area (Å²) in [6.45, 7) is 2.81. The van der Waals surface area contributed by atoms with E-state index in [-0.39, 0.29) is 0 Å². The van der Waals surface area contributed by atoms with Gasteiger partial charge < -0.3 is 10.1 Å². The first-order valence-corrected chi connectivity index (χ1v) is 6.78. The quantitative estimate of drug-likeness (QED) is 0.742. The molecular weight excluding hydrogens is 222 g/mol. The van der Waals surface area contributed by atoms with Gasteiger partial charge in [0, 0.05) is 12.6 Å². The minimum atomic E-state index is 0.610. The van der Waals surface area contributed by atoms with Crippen LogP contribution in [0.5, 0.6) is 5.88 Å². The predicted molar refractivity (Wildman–Crippen MR) is 69.4 cm³/mol. The summed E-state index contributed by atoms with van der Waals surface area (Å²) in [5.41, 5.74) is 0. The zero-order valence-electron chi connectivity index (χ0n) is 10.1. The molecule has 0 bridgehead atoms. The van der Waals surface area contributed by atoms with Gasteiger partial charge in [0.05, 0.1) is 7.11 Å². The van der Waals surface area contributed by atoms with Gasteiger partial charge in [-0.25, -0.2) is 4.98 Å². The number of rotatable bonds is 7. The molecule has 1 N–H and O–H groups in total. The fourth-order valence-electron chi connectivity index (χ4n) is 1.32. The maximum Gasteiger partial charge on any atom is 0.218 e. The molecule has 1 rings (SSSR count). The Morgan fingerprint density at radius 1 is 1.38 bits per heavy atom. The highest BCUT2D eigenvalue weighted by atomic mass is 32.2. The molecule has 90 valence electrons. The minimum absolute atomic E-state index is 0.610. The molecule has 16 heavy (non-hydrogen) atoms. The molecule has 0 saturated carbocycles. The molecule has 0 aliphatic heterocycles. The maximum atomic E-state index is 5.09. The van der Waals surface area contributed by atoms with Crippen LogP contribution in [-0.4, -0.2) is 35.6 Å². The molecular formula is C11H19N3OS. The molecule has 0 atom stereocenters. The summed E-state index contributed by atoms with van der Waals surface area (Å²) in [5.74, 6) is 3.40. The van der Waals surface area contributed by atoms with Gasteiger partial charge in [-0.15, -0.1) is 0 Å². The summed E-state index contributed by atoms with van der Waals surface area (Å²) in [7, 11) is 1.62. The SMILES string of the molecule is COc1cc(NCCCCSC)nc(C)n1. The van der Waals surface area contributed by atoms with Gasteiger partial charge in [-0.2, -0.15) is 16.7 Å². The first-order chi connectivity index (χ1) is 7.76. The molecule has 1 heterocycles. The Bertz CT molecular complexity index is 320. The lowest BCUT2D eigenvalue weighted by Crippen LogP contribution is -2.05. The average molecular weight is 241 g/mol. The Kier molecular flexibility index (Phi) is 6.00. The molecule has 5 heteroatoms. The van der Waals surface area contributed by atoms with Gasteiger partial charge in [-0.3, -0.25) is 0 Å². The summed E-state index contributed by atoms with van der Waals surface area (Å²) in [6, 6.07) is 1.82. The standard InChI is InChI=1S/C11H19N3OS/c1-9-13-10(8-11(14-9)15-2)12-6-4-5-7-16-3/h8H,4-7H2,1-3H3,(H,12,13,14). The molecule has 0 saturated heterocycles. The number of nitrogens with one attached hydrogen (secondary N) is 1. The Morgan fingerprint density at radius 2 is 2.19 bits per heavy atom. The zero-order chi connectivity index (χ0) is 11.8. The van der Waals surface area contributed by atoms with Crippen LogP contribution in [0, 0.1) is 6.92 Å². The predicted octanol–water partition coefficient (Wildman–Crippen LogP) is 2.35. The Balaban J connectivity index is 2.38. The third kappa shape index (κ3) is 4.70. The van der Waals surface area contributed by atoms with Gasteiger partial charge in [0.1, 0.15) is 11.6 Å². The van der Waals surface area contributed by atoms with Gasteiger partial charge in [0.25, 0.3) is 0 Å². The second kappa shape index (κ2) is 7.33. The smallest absolute Gasteiger partial charge is 0.218 e. The average Bonchev–Trinajstić information content (AvgIpc) is 2.28. The third-order valence-corrected chi connectivity index (χ3v) is 2.80. The summed E-state index contributed by atoms with van der Waals surface area (Å²) < 4.78 is 5.09. The van der Waals surface area contributed by atoms with Crippen LogP contribution in [0.4, 0.5) is 5.82 Å². The van der Waals surface area contributed by atoms with Crippen molar-refractivity contribution in [2.75, 3.05) is 31.0 Å². The topological polar surface area (TPSA) is 47.0 Å². The monoisotopic (exact) mass is 241 g/mol. The van der Waals surface area contributed by atoms with Crippen LogP contribution < -0.4 is 10.1 Å². The van der Waals surface area contributed by atoms with Crippen LogP contribution in [0.3, 0.4) is 0 Å². The van der Waals surface area contributed by atoms with Crippen molar-refractivity contribution in [3.63, 3.8) is 0 Å². The van der Waals surface area contributed by atoms with Gasteiger partial charge in [0.2, 0.25) is 5.88 Å². The van der Waals surface area contributed by atoms with Crippen molar-refractivity contribution in [1.29, 1.82) is 0 Å². The van der Waals surface area contributed by atoms with Crippen molar-refractivity contribution >= 4 is 17.6 Å². The van der Waals surface area contributed by atoms with Crippen LogP contribution in [0.1, 0.15) is 18.7 Å². The lowest BCUT2D eigenvalue weighted by Gasteiger charge is -2.07. The number of aryl methyl sites for hydroxylation is 1. The summed E-state index contributed by atoms with van der Waals surface area (Å²) in [6.07, 6.45) is 4.52. The molecule has 0 amide bonds. The highest BCUT2D eigenvalue weighted by Crippen LogP contribution is 2.12. The summed E-state index contributed by atoms with van der Waals surface area (Å²) in [5, 5.41) is 3.28. The van der Waals surface area contributed by atoms with E-state index < -0.39 is 0 Å². The normalized spacial score (nSPS) is 10.2. The molecule has 0 unspecified atom stereocenters. The van der Waals surface area contributed by atoms with E-state index in [2.05, 4.69) is 21.5 Å². The number of thioether (sulfide) groups is 1. The van der Waals surface area contributed by atoms with Gasteiger partial charge in [-0.05, 0) is 31.8 Å². The fourth-order valence-corrected chi connectivity index (χ4v) is 1.82. The fraction of sp³-hybridized carbons (Fsp3) is 0.636. The molecule has 0 spiro atoms. The van der Waals surface area contributed by atoms with Gasteiger partial charge >= 0.3 is 0 Å². The molecule has 0 aliphatic rings. The van der Waals surface area contributed by atoms with E-state index in [1.807, 2.05) is 24.8 Å². The minimum Gasteiger partial charge on any atom is -0.481 e. The second-order valence-corrected chi connectivity index (χ2v) is 4.46. The van der Waals surface area contributed by atoms with E-state index in [0.29, 0.717) is 5.88 Å². The number of anilines is 1. The number of ether oxygens (including phenoxy) is 1. The van der Waals surface area contributed by atoms with Crippen LogP contribution in [0.2, 0.25) is 0 Å². The van der Waals surface area contributed by atoms with Crippen molar-refractivity contribution < 1.29 is 4.74 Å². The van der Waals surface area contributed by atoms with Crippen LogP contribution in [0.15, 0.2) is 6.07 Å². The highest BCUT2D eigenvalue weighted by Gasteiger charge is 2.00. The number of hydrogen-bond donors (Lipinski definition) is 1. The number of aromatic nitrogens is 2. The zero-order valence-corrected chi connectivity index (χ0v) is 10.9. The number of hydrogen-bond acceptors (Lipinski definition) is 5. The second-order valence-electron chi connectivity index (χ2n) is 3.47. The molecule has 4 nitrogen and oxygen atoms in total. The van der Waals surface area contributed by atoms with E-state index in [1.165, 1.54) is 12.2 Å². The Labute approximate surface area is 101 Å². The van der Waals surface area contributed by atoms with E-state index in [0.717, 1.165) is 24.6 Å². The van der Waals surface area contributed by atoms with Gasteiger partial charge in [0.15, 0.2) is 0 Å². The summed E-state index contributed by atoms with van der Waals surface area (Å²) >= 11 is 1.88. The lowest BCUT2D eigenvalue weighted by atomic mass is 10.3. The first kappa shape index (κ1) is 13.1. The van der Waals surface area contributed by atoms with Crippen LogP contribution >= 0.6 is 11.8 Å². The van der Waals surface area contributed by atoms with E-state index in [4.69, 9.17) is 4.74 Å². The molecule has 0 aliphatic carbocycles. The van der Waals surface area contributed by atoms with E-state index >= 15 is 0 Å². The number of nitrogens with zero attached hydrogens (tertiary/aromatic N) is 2. The van der Waals surface area contributed by atoms with Crippen LogP contribution in [0.25, 0.3) is 0 Å². The van der Waals surface area contributed by atoms with Crippen molar-refractivity contribution in [3.8, 4) is 5.88 Å². The van der Waals surface area contributed by atoms with Crippen LogP contribution in [-0.2, 0) is 0 Å². The largest absolute Gasteiger partial charge is 0.481 e. The highest BCUT2D eigenvalue weighted by molar-refractivity contribution is 7.98. The lowest BCUT2D eigenvalue weighted by molar-refractivity contribution is 0.396. The van der Waals surface area contributed by atoms with E-state index in [1.54, 1.807) is 7.11 Å². The van der Waals surface area contributed by atoms with Crippen molar-refractivity contribution in [3.05, 3.63) is 11.9 Å². The summed E-state index contributed by atoms with van der Waals surface area (Å²) in [4.78, 5) is 8.43.